The molecule has 0 atom stereocenters. The Morgan fingerprint density at radius 1 is 0.354 bits per heavy atom. The van der Waals surface area contributed by atoms with Gasteiger partial charge in [-0.15, -0.1) is 0 Å². The molecular weight excluding hydrogens is 582 g/mol. The molecular formula is C42H20B2N4. The van der Waals surface area contributed by atoms with Gasteiger partial charge in [0.15, 0.2) is 11.3 Å². The summed E-state index contributed by atoms with van der Waals surface area (Å²) in [6, 6.07) is 44.2. The highest BCUT2D eigenvalue weighted by Gasteiger charge is 2.44. The van der Waals surface area contributed by atoms with E-state index in [1.165, 1.54) is 76.6 Å². The molecule has 13 rings (SSSR count). The van der Waals surface area contributed by atoms with Gasteiger partial charge in [-0.05, 0) is 54.7 Å². The Hall–Kier alpha value is -6.13. The second kappa shape index (κ2) is 8.04. The first-order chi connectivity index (χ1) is 23.8. The van der Waals surface area contributed by atoms with Gasteiger partial charge in [0.1, 0.15) is 11.0 Å². The van der Waals surface area contributed by atoms with Gasteiger partial charge in [0, 0.05) is 11.1 Å². The molecule has 7 heterocycles. The predicted octanol–water partition coefficient (Wildman–Crippen LogP) is 4.83. The Labute approximate surface area is 275 Å². The van der Waals surface area contributed by atoms with E-state index in [0.717, 1.165) is 33.5 Å². The average molecular weight is 602 g/mol. The van der Waals surface area contributed by atoms with Crippen molar-refractivity contribution in [3.05, 3.63) is 121 Å². The highest BCUT2D eigenvalue weighted by molar-refractivity contribution is 7.02. The molecule has 0 saturated heterocycles. The lowest BCUT2D eigenvalue weighted by atomic mass is 9.36. The largest absolute Gasteiger partial charge is 0.246 e. The second-order valence-electron chi connectivity index (χ2n) is 13.6. The van der Waals surface area contributed by atoms with Crippen LogP contribution >= 0.6 is 0 Å². The smallest absolute Gasteiger partial charge is 0.227 e. The van der Waals surface area contributed by atoms with Crippen LogP contribution in [0.2, 0.25) is 0 Å². The maximum atomic E-state index is 5.51. The van der Waals surface area contributed by atoms with Crippen LogP contribution in [0.25, 0.3) is 88.6 Å². The Kier molecular flexibility index (Phi) is 4.04. The van der Waals surface area contributed by atoms with Crippen LogP contribution in [0.15, 0.2) is 121 Å². The summed E-state index contributed by atoms with van der Waals surface area (Å²) in [6.07, 6.45) is 0. The monoisotopic (exact) mass is 602 g/mol. The zero-order valence-corrected chi connectivity index (χ0v) is 25.5. The van der Waals surface area contributed by atoms with Crippen LogP contribution in [-0.4, -0.2) is 33.4 Å². The van der Waals surface area contributed by atoms with Crippen molar-refractivity contribution in [1.82, 2.24) is 19.9 Å². The number of benzene rings is 6. The predicted molar refractivity (Wildman–Crippen MR) is 199 cm³/mol. The van der Waals surface area contributed by atoms with Crippen molar-refractivity contribution in [2.24, 2.45) is 0 Å². The van der Waals surface area contributed by atoms with Gasteiger partial charge < -0.3 is 0 Å². The minimum absolute atomic E-state index is 0.107. The van der Waals surface area contributed by atoms with Crippen LogP contribution in [0.5, 0.6) is 0 Å². The van der Waals surface area contributed by atoms with E-state index in [4.69, 9.17) is 19.9 Å². The molecule has 0 amide bonds. The van der Waals surface area contributed by atoms with E-state index in [2.05, 4.69) is 121 Å². The molecule has 0 spiro atoms. The van der Waals surface area contributed by atoms with Crippen LogP contribution in [0.1, 0.15) is 0 Å². The van der Waals surface area contributed by atoms with E-state index in [0.29, 0.717) is 11.3 Å². The molecule has 0 unspecified atom stereocenters. The van der Waals surface area contributed by atoms with Crippen LogP contribution in [0.4, 0.5) is 0 Å². The molecule has 3 aromatic heterocycles. The molecule has 214 valence electrons. The number of hydrogen-bond acceptors (Lipinski definition) is 4. The molecule has 0 bridgehead atoms. The molecule has 0 saturated carbocycles. The van der Waals surface area contributed by atoms with Crippen molar-refractivity contribution < 1.29 is 0 Å². The van der Waals surface area contributed by atoms with E-state index in [1.54, 1.807) is 0 Å². The van der Waals surface area contributed by atoms with E-state index in [-0.39, 0.29) is 13.4 Å². The summed E-state index contributed by atoms with van der Waals surface area (Å²) < 4.78 is 0. The third-order valence-corrected chi connectivity index (χ3v) is 11.5. The minimum atomic E-state index is 0.107. The summed E-state index contributed by atoms with van der Waals surface area (Å²) >= 11 is 0. The number of fused-ring (bicyclic) bond motifs is 14. The Balaban J connectivity index is 1.24. The fourth-order valence-electron chi connectivity index (χ4n) is 9.77. The van der Waals surface area contributed by atoms with Crippen molar-refractivity contribution >= 4 is 90.1 Å². The maximum absolute atomic E-state index is 5.51. The van der Waals surface area contributed by atoms with E-state index in [9.17, 15) is 0 Å². The van der Waals surface area contributed by atoms with Gasteiger partial charge in [0.25, 0.3) is 0 Å². The van der Waals surface area contributed by atoms with Gasteiger partial charge in [-0.1, -0.05) is 143 Å². The van der Waals surface area contributed by atoms with Crippen molar-refractivity contribution in [1.29, 1.82) is 0 Å². The van der Waals surface area contributed by atoms with Crippen LogP contribution in [0, 0.1) is 0 Å². The summed E-state index contributed by atoms with van der Waals surface area (Å²) in [7, 11) is 0. The zero-order valence-electron chi connectivity index (χ0n) is 25.5. The molecule has 6 heteroatoms. The summed E-state index contributed by atoms with van der Waals surface area (Å²) in [6.45, 7) is 0.213. The van der Waals surface area contributed by atoms with Crippen LogP contribution in [-0.2, 0) is 0 Å². The summed E-state index contributed by atoms with van der Waals surface area (Å²) in [4.78, 5) is 21.8. The first-order valence-corrected chi connectivity index (χ1v) is 16.7. The zero-order chi connectivity index (χ0) is 30.8. The molecule has 9 aromatic rings. The highest BCUT2D eigenvalue weighted by Crippen LogP contribution is 2.42. The topological polar surface area (TPSA) is 51.6 Å². The molecule has 4 aliphatic heterocycles. The third kappa shape index (κ3) is 2.61. The number of aromatic nitrogens is 4. The van der Waals surface area contributed by atoms with E-state index in [1.807, 2.05) is 0 Å². The van der Waals surface area contributed by atoms with Crippen molar-refractivity contribution in [2.45, 2.75) is 0 Å². The van der Waals surface area contributed by atoms with Crippen LogP contribution in [0.3, 0.4) is 0 Å². The molecule has 0 radical (unpaired) electrons. The number of pyridine rings is 2. The normalized spacial score (nSPS) is 13.8. The summed E-state index contributed by atoms with van der Waals surface area (Å²) in [5, 5.41) is 5.09. The Bertz CT molecular complexity index is 2830. The fraction of sp³-hybridized carbons (Fsp3) is 0. The van der Waals surface area contributed by atoms with Gasteiger partial charge in [-0.2, -0.15) is 0 Å². The van der Waals surface area contributed by atoms with Gasteiger partial charge >= 0.3 is 0 Å². The average Bonchev–Trinajstić information content (AvgIpc) is 3.64. The highest BCUT2D eigenvalue weighted by atomic mass is 15.0. The van der Waals surface area contributed by atoms with Gasteiger partial charge in [0.2, 0.25) is 13.4 Å². The molecule has 0 N–H and O–H groups in total. The van der Waals surface area contributed by atoms with Gasteiger partial charge in [-0.3, -0.25) is 0 Å². The second-order valence-corrected chi connectivity index (χ2v) is 13.6. The quantitative estimate of drug-likeness (QED) is 0.185. The molecule has 4 aliphatic rings. The standard InChI is InChI=1S/C42H20B2N4/c1-3-17-27-23(13-1)37-35-33(25-15-5-9-21-11-7-19-29(31(21)25)43(27)35)39-41(45-37)47-40-34-26-16-6-10-22-12-8-20-30(32(22)26)44-28-18-4-2-14-24(28)38(36(34)44)46-42(40)48-39/h1-20H. The molecule has 48 heavy (non-hydrogen) atoms. The first-order valence-electron chi connectivity index (χ1n) is 16.7. The number of rotatable bonds is 0. The molecule has 4 nitrogen and oxygen atoms in total. The van der Waals surface area contributed by atoms with Crippen molar-refractivity contribution in [3.8, 4) is 44.8 Å². The minimum Gasteiger partial charge on any atom is -0.227 e. The summed E-state index contributed by atoms with van der Waals surface area (Å²) in [5.74, 6) is 0. The molecule has 0 fully saturated rings. The van der Waals surface area contributed by atoms with Crippen molar-refractivity contribution in [2.75, 3.05) is 0 Å². The Morgan fingerprint density at radius 3 is 1.23 bits per heavy atom. The molecule has 6 aromatic carbocycles. The first kappa shape index (κ1) is 24.1. The Morgan fingerprint density at radius 2 is 0.750 bits per heavy atom. The van der Waals surface area contributed by atoms with E-state index >= 15 is 0 Å². The number of hydrogen-bond donors (Lipinski definition) is 0. The van der Waals surface area contributed by atoms with Crippen LogP contribution < -0.4 is 32.8 Å². The third-order valence-electron chi connectivity index (χ3n) is 11.5. The maximum Gasteiger partial charge on any atom is 0.246 e. The lowest BCUT2D eigenvalue weighted by Gasteiger charge is -2.26. The van der Waals surface area contributed by atoms with Gasteiger partial charge in [-0.25, -0.2) is 19.9 Å². The SMILES string of the molecule is c1ccc2c(c1)B1c3c-2nc2nc4c5c6c(nc4nc2c3-c2cccc3cccc1c23)-c1ccccc1B6c1cccc2cccc-5c12. The summed E-state index contributed by atoms with van der Waals surface area (Å²) in [5.41, 5.74) is 19.9. The fourth-order valence-corrected chi connectivity index (χ4v) is 9.77. The van der Waals surface area contributed by atoms with E-state index < -0.39 is 0 Å². The number of nitrogens with zero attached hydrogens (tertiary/aromatic N) is 4. The van der Waals surface area contributed by atoms with Gasteiger partial charge in [0.05, 0.1) is 11.4 Å². The molecule has 0 aliphatic carbocycles. The van der Waals surface area contributed by atoms with Crippen molar-refractivity contribution in [3.63, 3.8) is 0 Å². The lowest BCUT2D eigenvalue weighted by Crippen LogP contribution is -2.52. The lowest BCUT2D eigenvalue weighted by molar-refractivity contribution is 1.26.